The molecule has 0 radical (unpaired) electrons. The lowest BCUT2D eigenvalue weighted by atomic mass is 10.1. The quantitative estimate of drug-likeness (QED) is 0.127. The van der Waals surface area contributed by atoms with Gasteiger partial charge in [-0.2, -0.15) is 0 Å². The molecule has 0 bridgehead atoms. The topological polar surface area (TPSA) is 55.8 Å². The molecule has 29 heavy (non-hydrogen) atoms. The first-order chi connectivity index (χ1) is 13.9. The van der Waals surface area contributed by atoms with Crippen molar-refractivity contribution < 1.29 is 18.9 Å². The normalized spacial score (nSPS) is 12.9. The van der Waals surface area contributed by atoms with Gasteiger partial charge in [-0.1, -0.05) is 109 Å². The molecule has 0 amide bonds. The van der Waals surface area contributed by atoms with E-state index in [2.05, 4.69) is 13.8 Å². The molecule has 0 aromatic heterocycles. The van der Waals surface area contributed by atoms with Gasteiger partial charge in [-0.25, -0.2) is 0 Å². The van der Waals surface area contributed by atoms with E-state index in [4.69, 9.17) is 26.0 Å². The molecule has 1 atom stereocenters. The van der Waals surface area contributed by atoms with Crippen LogP contribution in [0.25, 0.3) is 0 Å². The molecule has 0 aliphatic heterocycles. The average molecular weight is 469 g/mol. The minimum absolute atomic E-state index is 0.0879. The van der Waals surface area contributed by atoms with E-state index in [1.54, 1.807) is 0 Å². The molecular weight excluding hydrogens is 423 g/mol. The smallest absolute Gasteiger partial charge is 0.304 e. The van der Waals surface area contributed by atoms with Crippen molar-refractivity contribution in [3.8, 4) is 0 Å². The minimum Gasteiger partial charge on any atom is -0.481 e. The fourth-order valence-corrected chi connectivity index (χ4v) is 8.76. The molecule has 174 valence electrons. The van der Waals surface area contributed by atoms with Crippen molar-refractivity contribution in [2.75, 3.05) is 13.2 Å². The molecule has 0 saturated heterocycles. The average Bonchev–Trinajstić information content (AvgIpc) is 2.65. The van der Waals surface area contributed by atoms with Crippen LogP contribution < -0.4 is 0 Å². The molecule has 1 unspecified atom stereocenters. The molecule has 4 nitrogen and oxygen atoms in total. The van der Waals surface area contributed by atoms with Crippen LogP contribution in [-0.4, -0.2) is 29.5 Å². The standard InChI is InChI=1S/C22H45O4PS2/c1-4-6-8-10-12-14-16-18-25-27(28,29-21(3)20-22(23)24)26-19-17-15-13-11-9-7-5-2/h21H,4-20H2,1-3H3,(H,23,24). The molecule has 0 spiro atoms. The molecule has 0 saturated carbocycles. The van der Waals surface area contributed by atoms with E-state index in [0.29, 0.717) is 13.2 Å². The lowest BCUT2D eigenvalue weighted by Gasteiger charge is -2.24. The van der Waals surface area contributed by atoms with Crippen LogP contribution in [0.5, 0.6) is 0 Å². The summed E-state index contributed by atoms with van der Waals surface area (Å²) in [6.45, 7) is 7.60. The number of aliphatic carboxylic acids is 1. The molecule has 0 fully saturated rings. The Morgan fingerprint density at radius 1 is 0.828 bits per heavy atom. The molecule has 0 rings (SSSR count). The van der Waals surface area contributed by atoms with Crippen molar-refractivity contribution in [1.29, 1.82) is 0 Å². The summed E-state index contributed by atoms with van der Waals surface area (Å²) >= 11 is 7.16. The summed E-state index contributed by atoms with van der Waals surface area (Å²) in [5.41, 5.74) is -2.48. The zero-order chi connectivity index (χ0) is 21.8. The summed E-state index contributed by atoms with van der Waals surface area (Å²) in [6, 6.07) is 0. The first-order valence-corrected chi connectivity index (χ1v) is 15.8. The van der Waals surface area contributed by atoms with Gasteiger partial charge in [0.25, 0.3) is 0 Å². The van der Waals surface area contributed by atoms with Gasteiger partial charge < -0.3 is 14.2 Å². The Morgan fingerprint density at radius 2 is 1.21 bits per heavy atom. The molecular formula is C22H45O4PS2. The summed E-state index contributed by atoms with van der Waals surface area (Å²) in [4.78, 5) is 11.0. The first kappa shape index (κ1) is 29.4. The summed E-state index contributed by atoms with van der Waals surface area (Å²) in [5, 5.41) is 8.94. The van der Waals surface area contributed by atoms with Crippen LogP contribution in [0.3, 0.4) is 0 Å². The van der Waals surface area contributed by atoms with E-state index in [9.17, 15) is 4.79 Å². The Morgan fingerprint density at radius 3 is 1.59 bits per heavy atom. The highest BCUT2D eigenvalue weighted by molar-refractivity contribution is 8.68. The van der Waals surface area contributed by atoms with E-state index in [0.717, 1.165) is 25.7 Å². The second kappa shape index (κ2) is 20.3. The fourth-order valence-electron chi connectivity index (χ4n) is 3.07. The van der Waals surface area contributed by atoms with Gasteiger partial charge in [-0.15, -0.1) is 0 Å². The van der Waals surface area contributed by atoms with Crippen molar-refractivity contribution in [2.45, 2.75) is 122 Å². The third-order valence-corrected chi connectivity index (χ3v) is 10.4. The van der Waals surface area contributed by atoms with Crippen molar-refractivity contribution >= 4 is 34.9 Å². The van der Waals surface area contributed by atoms with Crippen LogP contribution in [0.15, 0.2) is 0 Å². The largest absolute Gasteiger partial charge is 0.481 e. The van der Waals surface area contributed by atoms with Gasteiger partial charge in [-0.3, -0.25) is 4.79 Å². The Kier molecular flexibility index (Phi) is 20.6. The highest BCUT2D eigenvalue weighted by Crippen LogP contribution is 2.63. The van der Waals surface area contributed by atoms with Crippen LogP contribution in [-0.2, 0) is 25.6 Å². The van der Waals surface area contributed by atoms with Gasteiger partial charge in [0.05, 0.1) is 19.6 Å². The zero-order valence-corrected chi connectivity index (χ0v) is 21.6. The van der Waals surface area contributed by atoms with Crippen molar-refractivity contribution in [3.63, 3.8) is 0 Å². The third kappa shape index (κ3) is 20.1. The van der Waals surface area contributed by atoms with Crippen LogP contribution >= 0.6 is 17.1 Å². The number of carboxylic acids is 1. The van der Waals surface area contributed by atoms with Crippen LogP contribution in [0.4, 0.5) is 0 Å². The van der Waals surface area contributed by atoms with E-state index in [1.807, 2.05) is 6.92 Å². The SMILES string of the molecule is CCCCCCCCCOP(=S)(OCCCCCCCCC)SC(C)CC(=O)O. The monoisotopic (exact) mass is 468 g/mol. The Bertz CT molecular complexity index is 411. The third-order valence-electron chi connectivity index (χ3n) is 4.77. The van der Waals surface area contributed by atoms with E-state index in [-0.39, 0.29) is 11.7 Å². The maximum Gasteiger partial charge on any atom is 0.304 e. The molecule has 0 heterocycles. The number of hydrogen-bond acceptors (Lipinski definition) is 5. The molecule has 7 heteroatoms. The lowest BCUT2D eigenvalue weighted by molar-refractivity contribution is -0.136. The number of hydrogen-bond donors (Lipinski definition) is 1. The molecule has 0 aliphatic rings. The van der Waals surface area contributed by atoms with Gasteiger partial charge in [0, 0.05) is 5.25 Å². The summed E-state index contributed by atoms with van der Waals surface area (Å²) in [6.07, 6.45) is 17.3. The van der Waals surface area contributed by atoms with Crippen molar-refractivity contribution in [3.05, 3.63) is 0 Å². The van der Waals surface area contributed by atoms with E-state index < -0.39 is 11.7 Å². The summed E-state index contributed by atoms with van der Waals surface area (Å²) < 4.78 is 12.1. The zero-order valence-electron chi connectivity index (χ0n) is 19.0. The van der Waals surface area contributed by atoms with Crippen LogP contribution in [0, 0.1) is 0 Å². The number of carboxylic acid groups (broad SMARTS) is 1. The highest BCUT2D eigenvalue weighted by atomic mass is 32.9. The summed E-state index contributed by atoms with van der Waals surface area (Å²) in [5.74, 6) is -0.800. The maximum atomic E-state index is 11.0. The maximum absolute atomic E-state index is 11.0. The molecule has 1 N–H and O–H groups in total. The second-order valence-electron chi connectivity index (χ2n) is 7.87. The molecule has 0 aromatic rings. The molecule has 0 aromatic carbocycles. The fraction of sp³-hybridized carbons (Fsp3) is 0.955. The van der Waals surface area contributed by atoms with Gasteiger partial charge in [0.15, 0.2) is 0 Å². The van der Waals surface area contributed by atoms with Crippen LogP contribution in [0.2, 0.25) is 0 Å². The predicted octanol–water partition coefficient (Wildman–Crippen LogP) is 8.34. The van der Waals surface area contributed by atoms with Gasteiger partial charge >= 0.3 is 5.97 Å². The Balaban J connectivity index is 4.19. The minimum atomic E-state index is -2.48. The number of carbonyl (C=O) groups is 1. The van der Waals surface area contributed by atoms with Gasteiger partial charge in [0.2, 0.25) is 5.69 Å². The number of unbranched alkanes of at least 4 members (excludes halogenated alkanes) is 12. The van der Waals surface area contributed by atoms with Gasteiger partial charge in [0.1, 0.15) is 0 Å². The van der Waals surface area contributed by atoms with E-state index >= 15 is 0 Å². The first-order valence-electron chi connectivity index (χ1n) is 11.7. The van der Waals surface area contributed by atoms with E-state index in [1.165, 1.54) is 75.6 Å². The number of rotatable bonds is 22. The van der Waals surface area contributed by atoms with Crippen molar-refractivity contribution in [2.24, 2.45) is 0 Å². The highest BCUT2D eigenvalue weighted by Gasteiger charge is 2.24. The Labute approximate surface area is 189 Å². The van der Waals surface area contributed by atoms with Crippen LogP contribution in [0.1, 0.15) is 117 Å². The lowest BCUT2D eigenvalue weighted by Crippen LogP contribution is -2.07. The second-order valence-corrected chi connectivity index (χ2v) is 14.5. The molecule has 0 aliphatic carbocycles. The predicted molar refractivity (Wildman–Crippen MR) is 131 cm³/mol. The van der Waals surface area contributed by atoms with Crippen molar-refractivity contribution in [1.82, 2.24) is 0 Å². The van der Waals surface area contributed by atoms with Gasteiger partial charge in [-0.05, 0) is 24.6 Å². The summed E-state index contributed by atoms with van der Waals surface area (Å²) in [7, 11) is 0. The Hall–Kier alpha value is 0.390.